The Morgan fingerprint density at radius 1 is 1.10 bits per heavy atom. The molecule has 0 atom stereocenters. The van der Waals surface area contributed by atoms with Crippen molar-refractivity contribution in [3.8, 4) is 5.75 Å². The van der Waals surface area contributed by atoms with Gasteiger partial charge in [0.15, 0.2) is 6.61 Å². The van der Waals surface area contributed by atoms with Crippen LogP contribution in [0.15, 0.2) is 88.6 Å². The summed E-state index contributed by atoms with van der Waals surface area (Å²) in [6.07, 6.45) is 3.69. The number of hydrazone groups is 1. The van der Waals surface area contributed by atoms with Crippen molar-refractivity contribution < 1.29 is 9.53 Å². The van der Waals surface area contributed by atoms with E-state index in [2.05, 4.69) is 49.2 Å². The number of carbonyl (C=O) groups excluding carboxylic acids is 1. The van der Waals surface area contributed by atoms with Crippen LogP contribution >= 0.6 is 27.5 Å². The number of aromatic nitrogens is 1. The fourth-order valence-corrected chi connectivity index (χ4v) is 4.03. The lowest BCUT2D eigenvalue weighted by molar-refractivity contribution is -0.123. The van der Waals surface area contributed by atoms with Crippen molar-refractivity contribution in [1.82, 2.24) is 9.99 Å². The molecular formula is C24H19BrClN3O2. The number of para-hydroxylation sites is 1. The van der Waals surface area contributed by atoms with Crippen molar-refractivity contribution >= 4 is 50.6 Å². The number of hydrogen-bond donors (Lipinski definition) is 1. The highest BCUT2D eigenvalue weighted by Crippen LogP contribution is 2.27. The molecule has 0 aliphatic heterocycles. The first kappa shape index (κ1) is 21.2. The zero-order valence-electron chi connectivity index (χ0n) is 16.5. The minimum atomic E-state index is -0.355. The average molecular weight is 497 g/mol. The molecule has 1 N–H and O–H groups in total. The van der Waals surface area contributed by atoms with E-state index in [0.29, 0.717) is 15.2 Å². The third-order valence-corrected chi connectivity index (χ3v) is 5.52. The zero-order valence-corrected chi connectivity index (χ0v) is 18.8. The Morgan fingerprint density at radius 2 is 1.87 bits per heavy atom. The van der Waals surface area contributed by atoms with Crippen molar-refractivity contribution in [3.05, 3.63) is 99.6 Å². The van der Waals surface area contributed by atoms with Gasteiger partial charge in [-0.3, -0.25) is 4.79 Å². The summed E-state index contributed by atoms with van der Waals surface area (Å²) in [6, 6.07) is 23.5. The number of rotatable bonds is 7. The average Bonchev–Trinajstić information content (AvgIpc) is 3.11. The van der Waals surface area contributed by atoms with E-state index in [1.54, 1.807) is 24.4 Å². The summed E-state index contributed by atoms with van der Waals surface area (Å²) in [6.45, 7) is 0.596. The molecule has 1 amide bonds. The Labute approximate surface area is 193 Å². The first-order chi connectivity index (χ1) is 15.1. The minimum Gasteiger partial charge on any atom is -0.483 e. The topological polar surface area (TPSA) is 55.6 Å². The predicted octanol–water partition coefficient (Wildman–Crippen LogP) is 5.63. The summed E-state index contributed by atoms with van der Waals surface area (Å²) >= 11 is 9.27. The molecule has 0 fully saturated rings. The summed E-state index contributed by atoms with van der Waals surface area (Å²) in [5, 5.41) is 5.76. The van der Waals surface area contributed by atoms with Gasteiger partial charge in [-0.25, -0.2) is 5.43 Å². The fourth-order valence-electron chi connectivity index (χ4n) is 3.23. The van der Waals surface area contributed by atoms with Gasteiger partial charge >= 0.3 is 0 Å². The van der Waals surface area contributed by atoms with Crippen molar-refractivity contribution in [1.29, 1.82) is 0 Å². The number of halogens is 2. The Kier molecular flexibility index (Phi) is 6.70. The van der Waals surface area contributed by atoms with Gasteiger partial charge in [-0.2, -0.15) is 5.10 Å². The van der Waals surface area contributed by atoms with Crippen LogP contribution in [0.2, 0.25) is 5.02 Å². The molecule has 5 nitrogen and oxygen atoms in total. The summed E-state index contributed by atoms with van der Waals surface area (Å²) in [5.41, 5.74) is 5.76. The van der Waals surface area contributed by atoms with E-state index in [1.165, 1.54) is 5.56 Å². The number of carbonyl (C=O) groups is 1. The SMILES string of the molecule is O=C(COc1ccc(Cl)cc1Br)N/N=C/c1cn(Cc2ccccc2)c2ccccc12. The molecule has 0 saturated carbocycles. The van der Waals surface area contributed by atoms with E-state index in [1.807, 2.05) is 42.6 Å². The van der Waals surface area contributed by atoms with E-state index < -0.39 is 0 Å². The van der Waals surface area contributed by atoms with Gasteiger partial charge in [0, 0.05) is 34.2 Å². The Morgan fingerprint density at radius 3 is 2.68 bits per heavy atom. The summed E-state index contributed by atoms with van der Waals surface area (Å²) in [5.74, 6) is 0.179. The molecule has 4 rings (SSSR count). The third kappa shape index (κ3) is 5.34. The first-order valence-corrected chi connectivity index (χ1v) is 10.8. The van der Waals surface area contributed by atoms with Gasteiger partial charge in [0.1, 0.15) is 5.75 Å². The highest BCUT2D eigenvalue weighted by molar-refractivity contribution is 9.10. The summed E-state index contributed by atoms with van der Waals surface area (Å²) in [7, 11) is 0. The van der Waals surface area contributed by atoms with E-state index in [4.69, 9.17) is 16.3 Å². The molecule has 0 unspecified atom stereocenters. The minimum absolute atomic E-state index is 0.159. The molecule has 31 heavy (non-hydrogen) atoms. The predicted molar refractivity (Wildman–Crippen MR) is 128 cm³/mol. The fraction of sp³-hybridized carbons (Fsp3) is 0.0833. The van der Waals surface area contributed by atoms with Crippen LogP contribution < -0.4 is 10.2 Å². The van der Waals surface area contributed by atoms with Crippen LogP contribution in [0, 0.1) is 0 Å². The van der Waals surface area contributed by atoms with E-state index >= 15 is 0 Å². The molecule has 0 aliphatic rings. The largest absolute Gasteiger partial charge is 0.483 e. The summed E-state index contributed by atoms with van der Waals surface area (Å²) < 4.78 is 8.36. The van der Waals surface area contributed by atoms with Gasteiger partial charge in [-0.05, 0) is 45.8 Å². The van der Waals surface area contributed by atoms with Gasteiger partial charge in [-0.15, -0.1) is 0 Å². The Balaban J connectivity index is 1.42. The molecule has 1 heterocycles. The van der Waals surface area contributed by atoms with Crippen LogP contribution in [0.25, 0.3) is 10.9 Å². The maximum Gasteiger partial charge on any atom is 0.277 e. The molecule has 0 radical (unpaired) electrons. The van der Waals surface area contributed by atoms with Crippen molar-refractivity contribution in [2.24, 2.45) is 5.10 Å². The van der Waals surface area contributed by atoms with Crippen LogP contribution in [0.5, 0.6) is 5.75 Å². The van der Waals surface area contributed by atoms with Gasteiger partial charge in [0.25, 0.3) is 5.91 Å². The van der Waals surface area contributed by atoms with Gasteiger partial charge in [-0.1, -0.05) is 60.1 Å². The smallest absolute Gasteiger partial charge is 0.277 e. The number of ether oxygens (including phenoxy) is 1. The molecule has 0 spiro atoms. The lowest BCUT2D eigenvalue weighted by Gasteiger charge is -2.07. The maximum absolute atomic E-state index is 12.1. The molecular weight excluding hydrogens is 478 g/mol. The quantitative estimate of drug-likeness (QED) is 0.266. The molecule has 0 bridgehead atoms. The van der Waals surface area contributed by atoms with Crippen LogP contribution in [0.3, 0.4) is 0 Å². The van der Waals surface area contributed by atoms with E-state index in [-0.39, 0.29) is 12.5 Å². The van der Waals surface area contributed by atoms with Crippen LogP contribution in [0.1, 0.15) is 11.1 Å². The molecule has 156 valence electrons. The van der Waals surface area contributed by atoms with Crippen molar-refractivity contribution in [3.63, 3.8) is 0 Å². The second-order valence-electron chi connectivity index (χ2n) is 6.87. The highest BCUT2D eigenvalue weighted by Gasteiger charge is 2.08. The molecule has 1 aromatic heterocycles. The number of nitrogens with one attached hydrogen (secondary N) is 1. The maximum atomic E-state index is 12.1. The normalized spacial score (nSPS) is 11.2. The standard InChI is InChI=1S/C24H19BrClN3O2/c25-21-12-19(26)10-11-23(21)31-16-24(30)28-27-13-18-15-29(14-17-6-2-1-3-7-17)22-9-5-4-8-20(18)22/h1-13,15H,14,16H2,(H,28,30)/b27-13+. The van der Waals surface area contributed by atoms with Crippen molar-refractivity contribution in [2.45, 2.75) is 6.54 Å². The molecule has 3 aromatic carbocycles. The third-order valence-electron chi connectivity index (χ3n) is 4.66. The number of nitrogens with zero attached hydrogens (tertiary/aromatic N) is 2. The second-order valence-corrected chi connectivity index (χ2v) is 8.16. The van der Waals surface area contributed by atoms with E-state index in [9.17, 15) is 4.79 Å². The van der Waals surface area contributed by atoms with E-state index in [0.717, 1.165) is 23.0 Å². The van der Waals surface area contributed by atoms with Crippen LogP contribution in [-0.4, -0.2) is 23.3 Å². The lowest BCUT2D eigenvalue weighted by Crippen LogP contribution is -2.24. The van der Waals surface area contributed by atoms with Gasteiger partial charge in [0.05, 0.1) is 10.7 Å². The van der Waals surface area contributed by atoms with Crippen LogP contribution in [0.4, 0.5) is 0 Å². The second kappa shape index (κ2) is 9.81. The summed E-state index contributed by atoms with van der Waals surface area (Å²) in [4.78, 5) is 12.1. The number of fused-ring (bicyclic) bond motifs is 1. The van der Waals surface area contributed by atoms with Crippen LogP contribution in [-0.2, 0) is 11.3 Å². The number of hydrogen-bond acceptors (Lipinski definition) is 3. The molecule has 0 aliphatic carbocycles. The number of amides is 1. The Bertz CT molecular complexity index is 1240. The van der Waals surface area contributed by atoms with Crippen molar-refractivity contribution in [2.75, 3.05) is 6.61 Å². The monoisotopic (exact) mass is 495 g/mol. The first-order valence-electron chi connectivity index (χ1n) is 9.62. The zero-order chi connectivity index (χ0) is 21.6. The molecule has 4 aromatic rings. The molecule has 7 heteroatoms. The Hall–Kier alpha value is -3.09. The van der Waals surface area contributed by atoms with Gasteiger partial charge < -0.3 is 9.30 Å². The highest BCUT2D eigenvalue weighted by atomic mass is 79.9. The number of benzene rings is 3. The lowest BCUT2D eigenvalue weighted by atomic mass is 10.2. The van der Waals surface area contributed by atoms with Gasteiger partial charge in [0.2, 0.25) is 0 Å². The molecule has 0 saturated heterocycles.